The average molecular weight is 478 g/mol. The van der Waals surface area contributed by atoms with Crippen LogP contribution >= 0.6 is 24.0 Å². The maximum Gasteiger partial charge on any atom is 0.191 e. The van der Waals surface area contributed by atoms with Crippen molar-refractivity contribution in [2.45, 2.75) is 38.8 Å². The molecular weight excluding hydrogens is 446 g/mol. The van der Waals surface area contributed by atoms with E-state index in [9.17, 15) is 4.39 Å². The van der Waals surface area contributed by atoms with Crippen LogP contribution in [0.4, 0.5) is 4.39 Å². The van der Waals surface area contributed by atoms with E-state index >= 15 is 0 Å². The monoisotopic (exact) mass is 478 g/mol. The zero-order valence-electron chi connectivity index (χ0n) is 16.0. The van der Waals surface area contributed by atoms with Crippen LogP contribution in [0.15, 0.2) is 29.3 Å². The quantitative estimate of drug-likeness (QED) is 0.343. The van der Waals surface area contributed by atoms with Crippen molar-refractivity contribution >= 4 is 29.9 Å². The summed E-state index contributed by atoms with van der Waals surface area (Å²) in [5, 5.41) is 6.73. The number of nitrogens with zero attached hydrogens (tertiary/aromatic N) is 2. The molecule has 0 aromatic heterocycles. The SMILES string of the molecule is CCNC(=NCC(OC)c1ccc(F)cc1)NCC1CCCN1CC.I. The maximum absolute atomic E-state index is 13.1. The molecule has 1 saturated heterocycles. The van der Waals surface area contributed by atoms with Gasteiger partial charge in [-0.05, 0) is 50.6 Å². The van der Waals surface area contributed by atoms with Gasteiger partial charge in [-0.15, -0.1) is 24.0 Å². The van der Waals surface area contributed by atoms with Gasteiger partial charge in [0.2, 0.25) is 0 Å². The predicted octanol–water partition coefficient (Wildman–Crippen LogP) is 3.17. The van der Waals surface area contributed by atoms with E-state index in [4.69, 9.17) is 4.74 Å². The van der Waals surface area contributed by atoms with E-state index in [0.717, 1.165) is 31.2 Å². The summed E-state index contributed by atoms with van der Waals surface area (Å²) >= 11 is 0. The fourth-order valence-electron chi connectivity index (χ4n) is 3.27. The van der Waals surface area contributed by atoms with E-state index < -0.39 is 0 Å². The van der Waals surface area contributed by atoms with Gasteiger partial charge in [0.1, 0.15) is 11.9 Å². The summed E-state index contributed by atoms with van der Waals surface area (Å²) in [6, 6.07) is 6.97. The van der Waals surface area contributed by atoms with Crippen molar-refractivity contribution in [2.75, 3.05) is 39.8 Å². The van der Waals surface area contributed by atoms with Crippen molar-refractivity contribution in [2.24, 2.45) is 4.99 Å². The summed E-state index contributed by atoms with van der Waals surface area (Å²) < 4.78 is 18.6. The van der Waals surface area contributed by atoms with Crippen LogP contribution in [0.1, 0.15) is 38.4 Å². The van der Waals surface area contributed by atoms with Crippen molar-refractivity contribution in [1.82, 2.24) is 15.5 Å². The van der Waals surface area contributed by atoms with Gasteiger partial charge >= 0.3 is 0 Å². The molecule has 0 radical (unpaired) electrons. The molecule has 0 aliphatic carbocycles. The Hall–Kier alpha value is -0.930. The Morgan fingerprint density at radius 3 is 2.65 bits per heavy atom. The number of aliphatic imine (C=N–C) groups is 1. The number of nitrogens with one attached hydrogen (secondary N) is 2. The number of halogens is 2. The third-order valence-corrected chi connectivity index (χ3v) is 4.70. The molecule has 2 N–H and O–H groups in total. The molecule has 2 rings (SSSR count). The van der Waals surface area contributed by atoms with Gasteiger partial charge in [0, 0.05) is 26.2 Å². The molecule has 1 aromatic rings. The lowest BCUT2D eigenvalue weighted by molar-refractivity contribution is 0.111. The summed E-state index contributed by atoms with van der Waals surface area (Å²) in [5.41, 5.74) is 0.927. The number of guanidine groups is 1. The van der Waals surface area contributed by atoms with Gasteiger partial charge in [-0.25, -0.2) is 4.39 Å². The summed E-state index contributed by atoms with van der Waals surface area (Å²) in [5.74, 6) is 0.559. The molecular formula is C19H32FIN4O. The number of likely N-dealkylation sites (N-methyl/N-ethyl adjacent to an activating group) is 1. The van der Waals surface area contributed by atoms with Crippen molar-refractivity contribution in [1.29, 1.82) is 0 Å². The topological polar surface area (TPSA) is 48.9 Å². The Kier molecular flexibility index (Phi) is 11.1. The Morgan fingerprint density at radius 1 is 1.31 bits per heavy atom. The van der Waals surface area contributed by atoms with E-state index in [1.807, 2.05) is 0 Å². The van der Waals surface area contributed by atoms with Crippen molar-refractivity contribution < 1.29 is 9.13 Å². The van der Waals surface area contributed by atoms with E-state index in [2.05, 4.69) is 34.4 Å². The van der Waals surface area contributed by atoms with Gasteiger partial charge in [-0.2, -0.15) is 0 Å². The van der Waals surface area contributed by atoms with E-state index in [1.165, 1.54) is 31.5 Å². The summed E-state index contributed by atoms with van der Waals surface area (Å²) in [6.45, 7) is 8.74. The third-order valence-electron chi connectivity index (χ3n) is 4.70. The zero-order valence-corrected chi connectivity index (χ0v) is 18.3. The molecule has 7 heteroatoms. The second kappa shape index (κ2) is 12.5. The second-order valence-electron chi connectivity index (χ2n) is 6.30. The van der Waals surface area contributed by atoms with E-state index in [0.29, 0.717) is 12.6 Å². The van der Waals surface area contributed by atoms with Crippen LogP contribution in [0.25, 0.3) is 0 Å². The fourth-order valence-corrected chi connectivity index (χ4v) is 3.27. The molecule has 148 valence electrons. The van der Waals surface area contributed by atoms with Crippen LogP contribution < -0.4 is 10.6 Å². The molecule has 2 unspecified atom stereocenters. The molecule has 1 aliphatic heterocycles. The third kappa shape index (κ3) is 7.00. The van der Waals surface area contributed by atoms with Crippen LogP contribution in [0.2, 0.25) is 0 Å². The zero-order chi connectivity index (χ0) is 18.1. The minimum atomic E-state index is -0.242. The number of likely N-dealkylation sites (tertiary alicyclic amines) is 1. The van der Waals surface area contributed by atoms with Gasteiger partial charge in [0.15, 0.2) is 5.96 Å². The first kappa shape index (κ1) is 23.1. The van der Waals surface area contributed by atoms with Gasteiger partial charge < -0.3 is 15.4 Å². The summed E-state index contributed by atoms with van der Waals surface area (Å²) in [7, 11) is 1.65. The molecule has 1 heterocycles. The van der Waals surface area contributed by atoms with Gasteiger partial charge in [0.25, 0.3) is 0 Å². The van der Waals surface area contributed by atoms with Gasteiger partial charge in [0.05, 0.1) is 6.54 Å². The Bertz CT molecular complexity index is 541. The molecule has 2 atom stereocenters. The van der Waals surface area contributed by atoms with Crippen molar-refractivity contribution in [3.63, 3.8) is 0 Å². The molecule has 1 aromatic carbocycles. The smallest absolute Gasteiger partial charge is 0.191 e. The number of benzene rings is 1. The average Bonchev–Trinajstić information content (AvgIpc) is 3.09. The van der Waals surface area contributed by atoms with Crippen LogP contribution in [0, 0.1) is 5.82 Å². The number of hydrogen-bond donors (Lipinski definition) is 2. The predicted molar refractivity (Wildman–Crippen MR) is 116 cm³/mol. The largest absolute Gasteiger partial charge is 0.375 e. The van der Waals surface area contributed by atoms with Crippen LogP contribution in [-0.2, 0) is 4.74 Å². The highest BCUT2D eigenvalue weighted by Gasteiger charge is 2.22. The molecule has 0 bridgehead atoms. The lowest BCUT2D eigenvalue weighted by Gasteiger charge is -2.24. The lowest BCUT2D eigenvalue weighted by atomic mass is 10.1. The van der Waals surface area contributed by atoms with Gasteiger partial charge in [-0.3, -0.25) is 9.89 Å². The summed E-state index contributed by atoms with van der Waals surface area (Å²) in [4.78, 5) is 7.16. The molecule has 26 heavy (non-hydrogen) atoms. The number of ether oxygens (including phenoxy) is 1. The minimum Gasteiger partial charge on any atom is -0.375 e. The molecule has 1 aliphatic rings. The summed E-state index contributed by atoms with van der Waals surface area (Å²) in [6.07, 6.45) is 2.32. The highest BCUT2D eigenvalue weighted by molar-refractivity contribution is 14.0. The van der Waals surface area contributed by atoms with E-state index in [-0.39, 0.29) is 35.9 Å². The standard InChI is InChI=1S/C19H31FN4O.HI/c1-4-21-19(22-13-17-7-6-12-24(17)5-2)23-14-18(25-3)15-8-10-16(20)11-9-15;/h8-11,17-18H,4-7,12-14H2,1-3H3,(H2,21,22,23);1H. The fraction of sp³-hybridized carbons (Fsp3) is 0.632. The molecule has 0 amide bonds. The van der Waals surface area contributed by atoms with Gasteiger partial charge in [-0.1, -0.05) is 19.1 Å². The second-order valence-corrected chi connectivity index (χ2v) is 6.30. The first-order chi connectivity index (χ1) is 12.2. The molecule has 5 nitrogen and oxygen atoms in total. The number of methoxy groups -OCH3 is 1. The Morgan fingerprint density at radius 2 is 2.04 bits per heavy atom. The number of rotatable bonds is 8. The van der Waals surface area contributed by atoms with Crippen LogP contribution in [0.5, 0.6) is 0 Å². The first-order valence-electron chi connectivity index (χ1n) is 9.22. The lowest BCUT2D eigenvalue weighted by Crippen LogP contribution is -2.45. The highest BCUT2D eigenvalue weighted by Crippen LogP contribution is 2.18. The minimum absolute atomic E-state index is 0. The first-order valence-corrected chi connectivity index (χ1v) is 9.22. The van der Waals surface area contributed by atoms with Crippen molar-refractivity contribution in [3.05, 3.63) is 35.6 Å². The Labute approximate surface area is 173 Å². The molecule has 0 spiro atoms. The van der Waals surface area contributed by atoms with Crippen molar-refractivity contribution in [3.8, 4) is 0 Å². The van der Waals surface area contributed by atoms with Crippen LogP contribution in [0.3, 0.4) is 0 Å². The maximum atomic E-state index is 13.1. The van der Waals surface area contributed by atoms with E-state index in [1.54, 1.807) is 19.2 Å². The molecule has 0 saturated carbocycles. The normalized spacial score (nSPS) is 19.1. The van der Waals surface area contributed by atoms with Crippen LogP contribution in [-0.4, -0.2) is 56.7 Å². The highest BCUT2D eigenvalue weighted by atomic mass is 127. The molecule has 1 fully saturated rings. The Balaban J connectivity index is 0.00000338. The number of hydrogen-bond acceptors (Lipinski definition) is 3.